The third-order valence-electron chi connectivity index (χ3n) is 5.07. The van der Waals surface area contributed by atoms with Crippen LogP contribution in [-0.4, -0.2) is 41.1 Å². The van der Waals surface area contributed by atoms with Crippen LogP contribution < -0.4 is 5.32 Å². The number of piperidine rings is 2. The summed E-state index contributed by atoms with van der Waals surface area (Å²) in [5.74, 6) is -0.0879. The van der Waals surface area contributed by atoms with Gasteiger partial charge in [0.2, 0.25) is 0 Å². The van der Waals surface area contributed by atoms with Crippen molar-refractivity contribution < 1.29 is 9.90 Å². The van der Waals surface area contributed by atoms with Crippen LogP contribution in [-0.2, 0) is 0 Å². The van der Waals surface area contributed by atoms with E-state index in [0.717, 1.165) is 18.4 Å². The number of phenolic OH excluding ortho intramolecular Hbond substituents is 1. The van der Waals surface area contributed by atoms with Gasteiger partial charge in [-0.25, -0.2) is 0 Å². The Morgan fingerprint density at radius 1 is 1.29 bits per heavy atom. The van der Waals surface area contributed by atoms with Crippen molar-refractivity contribution in [3.8, 4) is 5.75 Å². The van der Waals surface area contributed by atoms with E-state index in [1.165, 1.54) is 19.3 Å². The molecule has 2 bridgehead atoms. The Bertz CT molecular complexity index is 530. The van der Waals surface area contributed by atoms with Crippen molar-refractivity contribution in [1.29, 1.82) is 0 Å². The Balaban J connectivity index is 1.69. The molecule has 0 spiro atoms. The highest BCUT2D eigenvalue weighted by Crippen LogP contribution is 2.32. The number of hydrogen-bond acceptors (Lipinski definition) is 3. The molecule has 0 saturated carbocycles. The summed E-state index contributed by atoms with van der Waals surface area (Å²) in [4.78, 5) is 14.9. The van der Waals surface area contributed by atoms with E-state index in [1.54, 1.807) is 12.1 Å². The lowest BCUT2D eigenvalue weighted by molar-refractivity contribution is 0.0462. The van der Waals surface area contributed by atoms with E-state index in [1.807, 2.05) is 13.0 Å². The molecule has 1 aromatic carbocycles. The maximum atomic E-state index is 12.4. The first-order chi connectivity index (χ1) is 10.0. The van der Waals surface area contributed by atoms with Crippen LogP contribution >= 0.6 is 0 Å². The highest BCUT2D eigenvalue weighted by Gasteiger charge is 2.36. The fraction of sp³-hybridized carbons (Fsp3) is 0.588. The van der Waals surface area contributed by atoms with Gasteiger partial charge in [0.25, 0.3) is 5.91 Å². The number of carbonyl (C=O) groups excluding carboxylic acids is 1. The van der Waals surface area contributed by atoms with Gasteiger partial charge in [-0.15, -0.1) is 0 Å². The number of rotatable bonds is 2. The predicted molar refractivity (Wildman–Crippen MR) is 82.5 cm³/mol. The summed E-state index contributed by atoms with van der Waals surface area (Å²) in [7, 11) is 2.21. The molecular weight excluding hydrogens is 264 g/mol. The number of nitrogens with one attached hydrogen (secondary N) is 1. The lowest BCUT2D eigenvalue weighted by atomic mass is 9.82. The molecule has 2 unspecified atom stereocenters. The quantitative estimate of drug-likeness (QED) is 0.879. The molecule has 2 aliphatic heterocycles. The lowest BCUT2D eigenvalue weighted by Gasteiger charge is -2.47. The second kappa shape index (κ2) is 5.68. The summed E-state index contributed by atoms with van der Waals surface area (Å²) in [5, 5.41) is 13.0. The zero-order valence-corrected chi connectivity index (χ0v) is 12.8. The molecule has 2 aliphatic rings. The van der Waals surface area contributed by atoms with Gasteiger partial charge >= 0.3 is 0 Å². The lowest BCUT2D eigenvalue weighted by Crippen LogP contribution is -2.55. The molecule has 2 atom stereocenters. The Hall–Kier alpha value is -1.55. The van der Waals surface area contributed by atoms with Gasteiger partial charge in [-0.3, -0.25) is 4.79 Å². The molecule has 21 heavy (non-hydrogen) atoms. The van der Waals surface area contributed by atoms with Crippen LogP contribution in [0.4, 0.5) is 0 Å². The van der Waals surface area contributed by atoms with Crippen molar-refractivity contribution in [1.82, 2.24) is 10.2 Å². The Kier molecular flexibility index (Phi) is 3.89. The smallest absolute Gasteiger partial charge is 0.255 e. The molecule has 1 aromatic rings. The zero-order chi connectivity index (χ0) is 15.0. The number of aromatic hydroxyl groups is 1. The van der Waals surface area contributed by atoms with E-state index in [4.69, 9.17) is 0 Å². The summed E-state index contributed by atoms with van der Waals surface area (Å²) < 4.78 is 0. The number of fused-ring (bicyclic) bond motifs is 2. The number of phenols is 1. The van der Waals surface area contributed by atoms with E-state index in [2.05, 4.69) is 17.3 Å². The van der Waals surface area contributed by atoms with Crippen LogP contribution in [0.15, 0.2) is 18.2 Å². The van der Waals surface area contributed by atoms with Gasteiger partial charge in [0.15, 0.2) is 0 Å². The molecule has 2 heterocycles. The summed E-state index contributed by atoms with van der Waals surface area (Å²) in [6.07, 6.45) is 5.81. The molecule has 4 heteroatoms. The van der Waals surface area contributed by atoms with Gasteiger partial charge in [0.1, 0.15) is 5.75 Å². The normalized spacial score (nSPS) is 29.1. The van der Waals surface area contributed by atoms with Crippen molar-refractivity contribution in [3.63, 3.8) is 0 Å². The van der Waals surface area contributed by atoms with Gasteiger partial charge in [-0.1, -0.05) is 18.1 Å². The number of hydrogen-bond donors (Lipinski definition) is 2. The Morgan fingerprint density at radius 3 is 2.62 bits per heavy atom. The predicted octanol–water partition coefficient (Wildman–Crippen LogP) is 2.45. The standard InChI is InChI=1S/C17H24N2O2/c1-11-6-7-16(20)15(8-11)17(21)18-12-9-13-4-3-5-14(10-12)19(13)2/h6-8,12-14,20H,3-5,9-10H2,1-2H3,(H,18,21). The monoisotopic (exact) mass is 288 g/mol. The molecule has 4 nitrogen and oxygen atoms in total. The van der Waals surface area contributed by atoms with Crippen LogP contribution in [0.5, 0.6) is 5.75 Å². The molecule has 1 amide bonds. The van der Waals surface area contributed by atoms with Crippen LogP contribution in [0, 0.1) is 6.92 Å². The largest absolute Gasteiger partial charge is 0.507 e. The number of aryl methyl sites for hydroxylation is 1. The fourth-order valence-corrected chi connectivity index (χ4v) is 3.83. The van der Waals surface area contributed by atoms with Gasteiger partial charge in [-0.05, 0) is 51.8 Å². The third-order valence-corrected chi connectivity index (χ3v) is 5.07. The van der Waals surface area contributed by atoms with Gasteiger partial charge < -0.3 is 15.3 Å². The molecule has 3 rings (SSSR count). The molecule has 2 fully saturated rings. The van der Waals surface area contributed by atoms with Crippen LogP contribution in [0.1, 0.15) is 48.0 Å². The van der Waals surface area contributed by atoms with Gasteiger partial charge in [0.05, 0.1) is 5.56 Å². The first kappa shape index (κ1) is 14.4. The first-order valence-corrected chi connectivity index (χ1v) is 7.87. The Labute approximate surface area is 126 Å². The second-order valence-corrected chi connectivity index (χ2v) is 6.57. The Morgan fingerprint density at radius 2 is 1.95 bits per heavy atom. The van der Waals surface area contributed by atoms with E-state index in [-0.39, 0.29) is 17.7 Å². The van der Waals surface area contributed by atoms with Crippen molar-refractivity contribution in [2.24, 2.45) is 0 Å². The zero-order valence-electron chi connectivity index (χ0n) is 12.8. The summed E-state index contributed by atoms with van der Waals surface area (Å²) >= 11 is 0. The van der Waals surface area contributed by atoms with Crippen molar-refractivity contribution in [2.45, 2.75) is 57.2 Å². The van der Waals surface area contributed by atoms with E-state index in [9.17, 15) is 9.90 Å². The van der Waals surface area contributed by atoms with Crippen LogP contribution in [0.2, 0.25) is 0 Å². The maximum Gasteiger partial charge on any atom is 0.255 e. The van der Waals surface area contributed by atoms with Crippen molar-refractivity contribution >= 4 is 5.91 Å². The highest BCUT2D eigenvalue weighted by atomic mass is 16.3. The minimum absolute atomic E-state index is 0.0613. The molecule has 2 saturated heterocycles. The first-order valence-electron chi connectivity index (χ1n) is 7.87. The molecule has 114 valence electrons. The fourth-order valence-electron chi connectivity index (χ4n) is 3.83. The van der Waals surface area contributed by atoms with Gasteiger partial charge in [0, 0.05) is 18.1 Å². The maximum absolute atomic E-state index is 12.4. The van der Waals surface area contributed by atoms with E-state index in [0.29, 0.717) is 17.6 Å². The van der Waals surface area contributed by atoms with E-state index >= 15 is 0 Å². The average Bonchev–Trinajstić information content (AvgIpc) is 2.42. The molecular formula is C17H24N2O2. The number of amides is 1. The topological polar surface area (TPSA) is 52.6 Å². The highest BCUT2D eigenvalue weighted by molar-refractivity contribution is 5.97. The SMILES string of the molecule is Cc1ccc(O)c(C(=O)NC2CC3CCCC(C2)N3C)c1. The molecule has 2 N–H and O–H groups in total. The number of carbonyl (C=O) groups is 1. The number of nitrogens with zero attached hydrogens (tertiary/aromatic N) is 1. The summed E-state index contributed by atoms with van der Waals surface area (Å²) in [6, 6.07) is 6.56. The van der Waals surface area contributed by atoms with Gasteiger partial charge in [-0.2, -0.15) is 0 Å². The minimum Gasteiger partial charge on any atom is -0.507 e. The summed E-state index contributed by atoms with van der Waals surface area (Å²) in [5.41, 5.74) is 1.37. The molecule has 0 aliphatic carbocycles. The molecule has 0 radical (unpaired) electrons. The third kappa shape index (κ3) is 2.91. The minimum atomic E-state index is -0.149. The average molecular weight is 288 g/mol. The summed E-state index contributed by atoms with van der Waals surface area (Å²) in [6.45, 7) is 1.93. The van der Waals surface area contributed by atoms with Crippen LogP contribution in [0.3, 0.4) is 0 Å². The molecule has 0 aromatic heterocycles. The number of benzene rings is 1. The van der Waals surface area contributed by atoms with Crippen LogP contribution in [0.25, 0.3) is 0 Å². The van der Waals surface area contributed by atoms with Crippen molar-refractivity contribution in [2.75, 3.05) is 7.05 Å². The second-order valence-electron chi connectivity index (χ2n) is 6.57. The van der Waals surface area contributed by atoms with E-state index < -0.39 is 0 Å². The van der Waals surface area contributed by atoms with Crippen molar-refractivity contribution in [3.05, 3.63) is 29.3 Å².